The van der Waals surface area contributed by atoms with Gasteiger partial charge in [0.15, 0.2) is 0 Å². The van der Waals surface area contributed by atoms with Gasteiger partial charge in [-0.05, 0) is 12.5 Å². The molecule has 0 radical (unpaired) electrons. The first-order chi connectivity index (χ1) is 8.20. The van der Waals surface area contributed by atoms with Crippen LogP contribution in [0.3, 0.4) is 0 Å². The van der Waals surface area contributed by atoms with Crippen LogP contribution < -0.4 is 0 Å². The van der Waals surface area contributed by atoms with Gasteiger partial charge < -0.3 is 5.11 Å². The molecule has 17 heavy (non-hydrogen) atoms. The summed E-state index contributed by atoms with van der Waals surface area (Å²) in [6.07, 6.45) is 2.26. The Morgan fingerprint density at radius 1 is 1.29 bits per heavy atom. The van der Waals surface area contributed by atoms with Gasteiger partial charge in [0, 0.05) is 18.6 Å². The summed E-state index contributed by atoms with van der Waals surface area (Å²) in [6.45, 7) is 2.81. The van der Waals surface area contributed by atoms with Gasteiger partial charge in [-0.1, -0.05) is 41.4 Å². The molecule has 1 heterocycles. The Bertz CT molecular complexity index is 491. The van der Waals surface area contributed by atoms with Gasteiger partial charge in [0.05, 0.1) is 12.7 Å². The summed E-state index contributed by atoms with van der Waals surface area (Å²) in [5, 5.41) is 13.7. The summed E-state index contributed by atoms with van der Waals surface area (Å²) in [5.41, 5.74) is 3.29. The van der Waals surface area contributed by atoms with Crippen LogP contribution in [0.4, 0.5) is 0 Å². The van der Waals surface area contributed by atoms with Crippen molar-refractivity contribution in [2.75, 3.05) is 6.61 Å². The van der Waals surface area contributed by atoms with Crippen molar-refractivity contribution in [3.05, 3.63) is 52.3 Å². The molecule has 0 amide bonds. The van der Waals surface area contributed by atoms with Gasteiger partial charge in [-0.25, -0.2) is 4.68 Å². The van der Waals surface area contributed by atoms with E-state index in [1.807, 2.05) is 0 Å². The molecule has 0 fully saturated rings. The normalized spacial score (nSPS) is 10.8. The number of hydrogen-bond donors (Lipinski definition) is 1. The minimum Gasteiger partial charge on any atom is -0.396 e. The van der Waals surface area contributed by atoms with Crippen molar-refractivity contribution in [1.82, 2.24) is 9.78 Å². The average molecular weight is 251 g/mol. The Morgan fingerprint density at radius 3 is 2.65 bits per heavy atom. The highest BCUT2D eigenvalue weighted by Crippen LogP contribution is 2.17. The van der Waals surface area contributed by atoms with E-state index in [9.17, 15) is 0 Å². The number of aliphatic hydroxyl groups excluding tert-OH is 1. The first-order valence-electron chi connectivity index (χ1n) is 5.57. The number of aryl methyl sites for hydroxylation is 1. The Morgan fingerprint density at radius 2 is 2.00 bits per heavy atom. The van der Waals surface area contributed by atoms with Crippen LogP contribution in [-0.4, -0.2) is 21.5 Å². The third kappa shape index (κ3) is 2.87. The summed E-state index contributed by atoms with van der Waals surface area (Å²) >= 11 is 6.17. The molecule has 0 bridgehead atoms. The lowest BCUT2D eigenvalue weighted by Crippen LogP contribution is -2.02. The Kier molecular flexibility index (Phi) is 3.82. The molecule has 0 aliphatic rings. The SMILES string of the molecule is Cc1ccc(Cn2ncc(CCO)c2Cl)cc1. The standard InChI is InChI=1S/C13H15ClN2O/c1-10-2-4-11(5-3-10)9-16-13(14)12(6-7-17)8-15-16/h2-5,8,17H,6-7,9H2,1H3. The second kappa shape index (κ2) is 5.34. The van der Waals surface area contributed by atoms with E-state index in [0.29, 0.717) is 18.1 Å². The molecular formula is C13H15ClN2O. The molecule has 4 heteroatoms. The van der Waals surface area contributed by atoms with Gasteiger partial charge >= 0.3 is 0 Å². The van der Waals surface area contributed by atoms with Crippen LogP contribution in [-0.2, 0) is 13.0 Å². The summed E-state index contributed by atoms with van der Waals surface area (Å²) in [6, 6.07) is 8.28. The second-order valence-corrected chi connectivity index (χ2v) is 4.44. The third-order valence-corrected chi connectivity index (χ3v) is 3.12. The number of aliphatic hydroxyl groups is 1. The molecule has 1 N–H and O–H groups in total. The van der Waals surface area contributed by atoms with Crippen LogP contribution in [0.5, 0.6) is 0 Å². The lowest BCUT2D eigenvalue weighted by atomic mass is 10.1. The van der Waals surface area contributed by atoms with Gasteiger partial charge in [0.2, 0.25) is 0 Å². The summed E-state index contributed by atoms with van der Waals surface area (Å²) < 4.78 is 1.75. The molecule has 0 spiro atoms. The fourth-order valence-electron chi connectivity index (χ4n) is 1.67. The largest absolute Gasteiger partial charge is 0.396 e. The van der Waals surface area contributed by atoms with Gasteiger partial charge in [-0.2, -0.15) is 5.10 Å². The summed E-state index contributed by atoms with van der Waals surface area (Å²) in [4.78, 5) is 0. The van der Waals surface area contributed by atoms with E-state index in [4.69, 9.17) is 16.7 Å². The fourth-order valence-corrected chi connectivity index (χ4v) is 1.92. The third-order valence-electron chi connectivity index (χ3n) is 2.68. The van der Waals surface area contributed by atoms with Crippen molar-refractivity contribution in [2.24, 2.45) is 0 Å². The van der Waals surface area contributed by atoms with Crippen LogP contribution in [0.15, 0.2) is 30.5 Å². The first-order valence-corrected chi connectivity index (χ1v) is 5.95. The molecule has 0 atom stereocenters. The smallest absolute Gasteiger partial charge is 0.130 e. The van der Waals surface area contributed by atoms with E-state index >= 15 is 0 Å². The van der Waals surface area contributed by atoms with Crippen molar-refractivity contribution in [3.63, 3.8) is 0 Å². The Labute approximate surface area is 106 Å². The molecule has 3 nitrogen and oxygen atoms in total. The van der Waals surface area contributed by atoms with Crippen LogP contribution in [0.2, 0.25) is 5.15 Å². The van der Waals surface area contributed by atoms with Crippen molar-refractivity contribution >= 4 is 11.6 Å². The molecule has 0 aliphatic heterocycles. The number of rotatable bonds is 4. The lowest BCUT2D eigenvalue weighted by Gasteiger charge is -2.04. The monoisotopic (exact) mass is 250 g/mol. The zero-order chi connectivity index (χ0) is 12.3. The maximum atomic E-state index is 8.88. The van der Waals surface area contributed by atoms with Crippen LogP contribution in [0.25, 0.3) is 0 Å². The molecule has 0 saturated carbocycles. The topological polar surface area (TPSA) is 38.0 Å². The summed E-state index contributed by atoms with van der Waals surface area (Å²) in [5.74, 6) is 0. The Balaban J connectivity index is 2.16. The van der Waals surface area contributed by atoms with Crippen molar-refractivity contribution < 1.29 is 5.11 Å². The maximum Gasteiger partial charge on any atom is 0.130 e. The van der Waals surface area contributed by atoms with E-state index in [1.54, 1.807) is 10.9 Å². The highest BCUT2D eigenvalue weighted by Gasteiger charge is 2.08. The number of halogens is 1. The van der Waals surface area contributed by atoms with Gasteiger partial charge in [-0.15, -0.1) is 0 Å². The van der Waals surface area contributed by atoms with Crippen molar-refractivity contribution in [2.45, 2.75) is 19.9 Å². The zero-order valence-corrected chi connectivity index (χ0v) is 10.5. The minimum absolute atomic E-state index is 0.0932. The molecule has 0 saturated heterocycles. The number of benzene rings is 1. The molecular weight excluding hydrogens is 236 g/mol. The molecule has 2 rings (SSSR count). The zero-order valence-electron chi connectivity index (χ0n) is 9.73. The average Bonchev–Trinajstić information content (AvgIpc) is 2.65. The quantitative estimate of drug-likeness (QED) is 0.905. The second-order valence-electron chi connectivity index (χ2n) is 4.08. The lowest BCUT2D eigenvalue weighted by molar-refractivity contribution is 0.299. The summed E-state index contributed by atoms with van der Waals surface area (Å²) in [7, 11) is 0. The number of nitrogens with zero attached hydrogens (tertiary/aromatic N) is 2. The minimum atomic E-state index is 0.0932. The highest BCUT2D eigenvalue weighted by molar-refractivity contribution is 6.30. The Hall–Kier alpha value is -1.32. The van der Waals surface area contributed by atoms with Gasteiger partial charge in [0.25, 0.3) is 0 Å². The van der Waals surface area contributed by atoms with Gasteiger partial charge in [0.1, 0.15) is 5.15 Å². The van der Waals surface area contributed by atoms with Gasteiger partial charge in [-0.3, -0.25) is 0 Å². The predicted molar refractivity (Wildman–Crippen MR) is 68.3 cm³/mol. The molecule has 90 valence electrons. The molecule has 1 aromatic heterocycles. The first kappa shape index (κ1) is 12.1. The molecule has 0 aliphatic carbocycles. The molecule has 0 unspecified atom stereocenters. The fraction of sp³-hybridized carbons (Fsp3) is 0.308. The van der Waals surface area contributed by atoms with Crippen LogP contribution in [0.1, 0.15) is 16.7 Å². The van der Waals surface area contributed by atoms with Crippen molar-refractivity contribution in [3.8, 4) is 0 Å². The van der Waals surface area contributed by atoms with Crippen molar-refractivity contribution in [1.29, 1.82) is 0 Å². The molecule has 2 aromatic rings. The number of aromatic nitrogens is 2. The van der Waals surface area contributed by atoms with E-state index in [2.05, 4.69) is 36.3 Å². The van der Waals surface area contributed by atoms with E-state index in [1.165, 1.54) is 5.56 Å². The van der Waals surface area contributed by atoms with Crippen LogP contribution in [0, 0.1) is 6.92 Å². The highest BCUT2D eigenvalue weighted by atomic mass is 35.5. The van der Waals surface area contributed by atoms with Crippen LogP contribution >= 0.6 is 11.6 Å². The predicted octanol–water partition coefficient (Wildman–Crippen LogP) is 2.43. The maximum absolute atomic E-state index is 8.88. The van der Waals surface area contributed by atoms with E-state index in [0.717, 1.165) is 11.1 Å². The number of hydrogen-bond acceptors (Lipinski definition) is 2. The van der Waals surface area contributed by atoms with E-state index in [-0.39, 0.29) is 6.61 Å². The van der Waals surface area contributed by atoms with E-state index < -0.39 is 0 Å². The molecule has 1 aromatic carbocycles.